The van der Waals surface area contributed by atoms with Crippen LogP contribution in [0.1, 0.15) is 118 Å². The zero-order valence-electron chi connectivity index (χ0n) is 23.8. The molecule has 0 fully saturated rings. The van der Waals surface area contributed by atoms with Crippen LogP contribution in [0.25, 0.3) is 0 Å². The summed E-state index contributed by atoms with van der Waals surface area (Å²) >= 11 is 0. The van der Waals surface area contributed by atoms with Gasteiger partial charge in [0, 0.05) is 45.5 Å². The molecule has 0 aliphatic heterocycles. The Labute approximate surface area is 218 Å². The Hall–Kier alpha value is 0.274. The first kappa shape index (κ1) is 34.3. The van der Waals surface area contributed by atoms with E-state index >= 15 is 0 Å². The molecule has 0 amide bonds. The smallest absolute Gasteiger partial charge is 0.157 e. The fraction of sp³-hybridized carbons (Fsp3) is 1.00. The molecule has 6 heteroatoms. The van der Waals surface area contributed by atoms with Gasteiger partial charge in [-0.1, -0.05) is 103 Å². The highest BCUT2D eigenvalue weighted by atomic mass is 28.2. The van der Waals surface area contributed by atoms with E-state index in [-0.39, 0.29) is 31.6 Å². The van der Waals surface area contributed by atoms with E-state index in [1.165, 1.54) is 75.5 Å². The standard InChI is InChI=1S/C28H62O4Si2/c1-5-9-19-29-27(30-20-10-6-2)17-15-25-33-23-13-14-24-34-26-16-18-28(31-21-11-7-3)32-22-12-8-4/h27-28H,5-26,33-34H2,1-4H3. The lowest BCUT2D eigenvalue weighted by atomic mass is 10.3. The first-order valence-corrected chi connectivity index (χ1v) is 19.2. The molecule has 0 rings (SSSR count). The zero-order valence-corrected chi connectivity index (χ0v) is 26.6. The minimum Gasteiger partial charge on any atom is -0.353 e. The SMILES string of the molecule is CCCCOC(CCC[SiH2]CCCC[SiH2]CCCC(OCCCC)OCCCC)OCCCC. The van der Waals surface area contributed by atoms with Crippen molar-refractivity contribution < 1.29 is 18.9 Å². The van der Waals surface area contributed by atoms with Crippen molar-refractivity contribution in [2.45, 2.75) is 154 Å². The molecule has 0 saturated carbocycles. The predicted molar refractivity (Wildman–Crippen MR) is 155 cm³/mol. The number of hydrogen-bond donors (Lipinski definition) is 0. The predicted octanol–water partition coefficient (Wildman–Crippen LogP) is 7.26. The van der Waals surface area contributed by atoms with Crippen molar-refractivity contribution in [3.63, 3.8) is 0 Å². The summed E-state index contributed by atoms with van der Waals surface area (Å²) in [6, 6.07) is 5.98. The second-order valence-electron chi connectivity index (χ2n) is 9.87. The van der Waals surface area contributed by atoms with Crippen LogP contribution in [0.15, 0.2) is 0 Å². The number of unbranched alkanes of at least 4 members (excludes halogenated alkanes) is 5. The van der Waals surface area contributed by atoms with Crippen molar-refractivity contribution in [3.8, 4) is 0 Å². The molecular weight excluding hydrogens is 456 g/mol. The number of rotatable bonds is 29. The van der Waals surface area contributed by atoms with Crippen molar-refractivity contribution in [1.82, 2.24) is 0 Å². The monoisotopic (exact) mass is 518 g/mol. The van der Waals surface area contributed by atoms with Crippen molar-refractivity contribution in [3.05, 3.63) is 0 Å². The number of ether oxygens (including phenoxy) is 4. The highest BCUT2D eigenvalue weighted by Crippen LogP contribution is 2.13. The highest BCUT2D eigenvalue weighted by molar-refractivity contribution is 6.36. The molecule has 0 aliphatic carbocycles. The average molecular weight is 519 g/mol. The van der Waals surface area contributed by atoms with Gasteiger partial charge >= 0.3 is 0 Å². The highest BCUT2D eigenvalue weighted by Gasteiger charge is 2.10. The molecular formula is C28H62O4Si2. The van der Waals surface area contributed by atoms with E-state index < -0.39 is 0 Å². The van der Waals surface area contributed by atoms with Crippen molar-refractivity contribution in [1.29, 1.82) is 0 Å². The molecule has 0 aromatic carbocycles. The Kier molecular flexibility index (Phi) is 29.7. The molecule has 0 bridgehead atoms. The fourth-order valence-corrected chi connectivity index (χ4v) is 7.31. The average Bonchev–Trinajstić information content (AvgIpc) is 2.84. The van der Waals surface area contributed by atoms with Gasteiger partial charge in [-0.25, -0.2) is 0 Å². The summed E-state index contributed by atoms with van der Waals surface area (Å²) in [5.74, 6) is 0. The molecule has 0 aromatic heterocycles. The van der Waals surface area contributed by atoms with E-state index in [0.717, 1.165) is 65.0 Å². The van der Waals surface area contributed by atoms with Crippen molar-refractivity contribution in [2.75, 3.05) is 26.4 Å². The summed E-state index contributed by atoms with van der Waals surface area (Å²) in [5, 5.41) is 0. The van der Waals surface area contributed by atoms with Crippen LogP contribution in [0.4, 0.5) is 0 Å². The van der Waals surface area contributed by atoms with Crippen LogP contribution < -0.4 is 0 Å². The Morgan fingerprint density at radius 3 is 1.00 bits per heavy atom. The third kappa shape index (κ3) is 25.4. The minimum absolute atomic E-state index is 0.0480. The lowest BCUT2D eigenvalue weighted by Crippen LogP contribution is -2.19. The zero-order chi connectivity index (χ0) is 25.0. The first-order chi connectivity index (χ1) is 16.8. The van der Waals surface area contributed by atoms with Gasteiger partial charge in [-0.05, 0) is 38.5 Å². The Bertz CT molecular complexity index is 320. The van der Waals surface area contributed by atoms with Gasteiger partial charge in [0.05, 0.1) is 0 Å². The van der Waals surface area contributed by atoms with Crippen molar-refractivity contribution in [2.24, 2.45) is 0 Å². The lowest BCUT2D eigenvalue weighted by Gasteiger charge is -2.18. The Morgan fingerprint density at radius 2 is 0.706 bits per heavy atom. The van der Waals surface area contributed by atoms with Crippen LogP contribution in [-0.2, 0) is 18.9 Å². The molecule has 0 N–H and O–H groups in total. The summed E-state index contributed by atoms with van der Waals surface area (Å²) in [6.07, 6.45) is 17.2. The Balaban J connectivity index is 3.63. The molecule has 4 nitrogen and oxygen atoms in total. The fourth-order valence-electron chi connectivity index (χ4n) is 3.90. The van der Waals surface area contributed by atoms with Gasteiger partial charge in [-0.15, -0.1) is 0 Å². The second-order valence-corrected chi connectivity index (χ2v) is 14.1. The maximum absolute atomic E-state index is 5.97. The van der Waals surface area contributed by atoms with E-state index in [1.54, 1.807) is 0 Å². The third-order valence-electron chi connectivity index (χ3n) is 6.34. The molecule has 0 saturated heterocycles. The van der Waals surface area contributed by atoms with Gasteiger partial charge < -0.3 is 18.9 Å². The molecule has 0 heterocycles. The van der Waals surface area contributed by atoms with Crippen LogP contribution >= 0.6 is 0 Å². The molecule has 206 valence electrons. The maximum Gasteiger partial charge on any atom is 0.157 e. The second kappa shape index (κ2) is 29.5. The summed E-state index contributed by atoms with van der Waals surface area (Å²) < 4.78 is 23.9. The van der Waals surface area contributed by atoms with Crippen LogP contribution in [-0.4, -0.2) is 58.0 Å². The largest absolute Gasteiger partial charge is 0.353 e. The topological polar surface area (TPSA) is 36.9 Å². The van der Waals surface area contributed by atoms with E-state index in [4.69, 9.17) is 18.9 Å². The van der Waals surface area contributed by atoms with Crippen LogP contribution in [0, 0.1) is 0 Å². The summed E-state index contributed by atoms with van der Waals surface area (Å²) in [6.45, 7) is 12.3. The summed E-state index contributed by atoms with van der Waals surface area (Å²) in [5.41, 5.74) is 0. The molecule has 0 radical (unpaired) electrons. The molecule has 0 atom stereocenters. The van der Waals surface area contributed by atoms with Crippen LogP contribution in [0.2, 0.25) is 24.2 Å². The summed E-state index contributed by atoms with van der Waals surface area (Å²) in [7, 11) is 0.234. The van der Waals surface area contributed by atoms with Crippen molar-refractivity contribution >= 4 is 19.0 Å². The first-order valence-electron chi connectivity index (χ1n) is 15.2. The van der Waals surface area contributed by atoms with Gasteiger partial charge in [0.15, 0.2) is 12.6 Å². The van der Waals surface area contributed by atoms with E-state index in [0.29, 0.717) is 0 Å². The van der Waals surface area contributed by atoms with Gasteiger partial charge in [-0.3, -0.25) is 0 Å². The quantitative estimate of drug-likeness (QED) is 0.0593. The van der Waals surface area contributed by atoms with E-state index in [9.17, 15) is 0 Å². The molecule has 0 unspecified atom stereocenters. The van der Waals surface area contributed by atoms with E-state index in [2.05, 4.69) is 27.7 Å². The van der Waals surface area contributed by atoms with Crippen LogP contribution in [0.3, 0.4) is 0 Å². The Morgan fingerprint density at radius 1 is 0.412 bits per heavy atom. The van der Waals surface area contributed by atoms with E-state index in [1.807, 2.05) is 0 Å². The molecule has 0 aliphatic rings. The minimum atomic E-state index is 0.0480. The summed E-state index contributed by atoms with van der Waals surface area (Å²) in [4.78, 5) is 0. The molecule has 34 heavy (non-hydrogen) atoms. The lowest BCUT2D eigenvalue weighted by molar-refractivity contribution is -0.147. The van der Waals surface area contributed by atoms with Gasteiger partial charge in [0.1, 0.15) is 0 Å². The molecule has 0 aromatic rings. The van der Waals surface area contributed by atoms with Gasteiger partial charge in [0.2, 0.25) is 0 Å². The molecule has 0 spiro atoms. The van der Waals surface area contributed by atoms with Crippen LogP contribution in [0.5, 0.6) is 0 Å². The normalized spacial score (nSPS) is 12.5. The maximum atomic E-state index is 5.97. The third-order valence-corrected chi connectivity index (χ3v) is 10.3. The number of hydrogen-bond acceptors (Lipinski definition) is 4. The van der Waals surface area contributed by atoms with Gasteiger partial charge in [-0.2, -0.15) is 0 Å². The van der Waals surface area contributed by atoms with Gasteiger partial charge in [0.25, 0.3) is 0 Å².